The van der Waals surface area contributed by atoms with Crippen LogP contribution in [0.2, 0.25) is 0 Å². The maximum atomic E-state index is 11.9. The number of rotatable bonds is 9. The molecule has 208 valence electrons. The Morgan fingerprint density at radius 3 is 2.55 bits per heavy atom. The first-order chi connectivity index (χ1) is 18.0. The van der Waals surface area contributed by atoms with Crippen LogP contribution >= 0.6 is 0 Å². The van der Waals surface area contributed by atoms with Crippen LogP contribution in [0.1, 0.15) is 78.6 Å². The van der Waals surface area contributed by atoms with Gasteiger partial charge >= 0.3 is 5.97 Å². The zero-order valence-electron chi connectivity index (χ0n) is 23.2. The van der Waals surface area contributed by atoms with Crippen molar-refractivity contribution in [2.45, 2.75) is 102 Å². The molecule has 4 aliphatic carbocycles. The molecule has 11 atom stereocenters. The third kappa shape index (κ3) is 3.83. The van der Waals surface area contributed by atoms with Gasteiger partial charge in [-0.15, -0.1) is 0 Å². The van der Waals surface area contributed by atoms with Gasteiger partial charge in [-0.3, -0.25) is 4.79 Å². The molecule has 5 unspecified atom stereocenters. The smallest absolute Gasteiger partial charge is 0.330 e. The Hall–Kier alpha value is -2.37. The van der Waals surface area contributed by atoms with Crippen LogP contribution < -0.4 is 11.1 Å². The lowest BCUT2D eigenvalue weighted by molar-refractivity contribution is -0.252. The molecule has 1 spiro atoms. The summed E-state index contributed by atoms with van der Waals surface area (Å²) in [7, 11) is 0. The summed E-state index contributed by atoms with van der Waals surface area (Å²) in [6.07, 6.45) is 10.5. The van der Waals surface area contributed by atoms with E-state index < -0.39 is 0 Å². The summed E-state index contributed by atoms with van der Waals surface area (Å²) in [6.45, 7) is 14.4. The van der Waals surface area contributed by atoms with Crippen LogP contribution in [0.15, 0.2) is 31.1 Å². The van der Waals surface area contributed by atoms with Gasteiger partial charge in [-0.1, -0.05) is 33.9 Å². The average Bonchev–Trinajstić information content (AvgIpc) is 3.21. The third-order valence-electron chi connectivity index (χ3n) is 12.0. The summed E-state index contributed by atoms with van der Waals surface area (Å²) in [5, 5.41) is 4.11. The van der Waals surface area contributed by atoms with Gasteiger partial charge < -0.3 is 20.5 Å². The summed E-state index contributed by atoms with van der Waals surface area (Å²) in [5.74, 6) is 3.63. The lowest BCUT2D eigenvalue weighted by Gasteiger charge is -2.75. The van der Waals surface area contributed by atoms with Gasteiger partial charge in [-0.05, 0) is 92.4 Å². The van der Waals surface area contributed by atoms with Gasteiger partial charge in [0.2, 0.25) is 11.7 Å². The average molecular weight is 525 g/mol. The molecule has 1 amide bonds. The van der Waals surface area contributed by atoms with Gasteiger partial charge in [0.15, 0.2) is 5.94 Å². The molecule has 3 N–H and O–H groups in total. The fraction of sp³-hybridized carbons (Fsp3) is 0.742. The molecule has 1 saturated heterocycles. The number of hydrogen-bond acceptors (Lipinski definition) is 6. The number of carbonyl (C=O) groups excluding carboxylic acids is 3. The zero-order valence-corrected chi connectivity index (χ0v) is 23.2. The van der Waals surface area contributed by atoms with Crippen molar-refractivity contribution in [2.75, 3.05) is 0 Å². The quantitative estimate of drug-likeness (QED) is 0.154. The van der Waals surface area contributed by atoms with Crippen molar-refractivity contribution in [1.82, 2.24) is 5.32 Å². The van der Waals surface area contributed by atoms with Crippen molar-refractivity contribution in [1.29, 1.82) is 0 Å². The Kier molecular flexibility index (Phi) is 6.93. The molecule has 4 saturated carbocycles. The van der Waals surface area contributed by atoms with Crippen LogP contribution in [-0.4, -0.2) is 41.6 Å². The molecular weight excluding hydrogens is 480 g/mol. The number of carbonyl (C=O) groups is 2. The summed E-state index contributed by atoms with van der Waals surface area (Å²) >= 11 is 0. The van der Waals surface area contributed by atoms with E-state index in [9.17, 15) is 14.4 Å². The SMILES string of the molecule is C=CC(=O)O[C@@H]1CCC2(C)C(C1)C[C@H]1N[C@@]34CCC([C@H](C)CCC(N)=O)C3(C)[C@@H](OC(=C=O)C=C)C[C@H]2C14. The Labute approximate surface area is 226 Å². The molecule has 7 nitrogen and oxygen atoms in total. The lowest BCUT2D eigenvalue weighted by atomic mass is 9.37. The van der Waals surface area contributed by atoms with Crippen molar-refractivity contribution in [3.05, 3.63) is 31.1 Å². The van der Waals surface area contributed by atoms with E-state index in [1.54, 1.807) is 0 Å². The molecular formula is C31H44N2O5. The molecule has 1 aliphatic heterocycles. The highest BCUT2D eigenvalue weighted by Crippen LogP contribution is 2.74. The van der Waals surface area contributed by atoms with E-state index in [0.29, 0.717) is 42.1 Å². The van der Waals surface area contributed by atoms with Crippen molar-refractivity contribution in [3.8, 4) is 0 Å². The molecule has 7 heteroatoms. The van der Waals surface area contributed by atoms with E-state index in [2.05, 4.69) is 39.2 Å². The highest BCUT2D eigenvalue weighted by Gasteiger charge is 2.78. The monoisotopic (exact) mass is 524 g/mol. The number of amides is 1. The molecule has 5 aliphatic rings. The third-order valence-corrected chi connectivity index (χ3v) is 12.0. The Balaban J connectivity index is 1.48. The minimum atomic E-state index is -0.338. The first-order valence-corrected chi connectivity index (χ1v) is 14.5. The predicted molar refractivity (Wildman–Crippen MR) is 144 cm³/mol. The highest BCUT2D eigenvalue weighted by atomic mass is 16.5. The molecule has 0 aromatic carbocycles. The normalized spacial score (nSPS) is 45.1. The van der Waals surface area contributed by atoms with Crippen LogP contribution in [0.4, 0.5) is 0 Å². The van der Waals surface area contributed by atoms with Crippen molar-refractivity contribution in [3.63, 3.8) is 0 Å². The number of hydrogen-bond donors (Lipinski definition) is 2. The van der Waals surface area contributed by atoms with Gasteiger partial charge in [0, 0.05) is 29.5 Å². The highest BCUT2D eigenvalue weighted by molar-refractivity contribution is 5.81. The molecule has 0 radical (unpaired) electrons. The minimum absolute atomic E-state index is 0.0580. The number of esters is 1. The van der Waals surface area contributed by atoms with E-state index >= 15 is 0 Å². The fourth-order valence-corrected chi connectivity index (χ4v) is 10.2. The summed E-state index contributed by atoms with van der Waals surface area (Å²) < 4.78 is 12.2. The van der Waals surface area contributed by atoms with Crippen molar-refractivity contribution < 1.29 is 23.9 Å². The molecule has 0 aromatic rings. The second-order valence-electron chi connectivity index (χ2n) is 13.3. The maximum Gasteiger partial charge on any atom is 0.330 e. The predicted octanol–water partition coefficient (Wildman–Crippen LogP) is 4.25. The summed E-state index contributed by atoms with van der Waals surface area (Å²) in [6, 6.07) is 0.437. The standard InChI is InChI=1S/C31H44N2O5/c1-6-20(17-34)37-25-16-23-28-24(15-19-14-21(38-27(36)7-2)10-12-29(19,23)4)33-31(28)13-11-22(30(25,31)5)18(3)8-9-26(32)35/h6-7,18-19,21-25,28,33H,1-2,8-16H2,3-5H3,(H2,32,35)/t18-,19?,21-,22?,23+,24-,25+,28?,29?,30?,31-/m1/s1. The van der Waals surface area contributed by atoms with Crippen LogP contribution in [0.25, 0.3) is 0 Å². The summed E-state index contributed by atoms with van der Waals surface area (Å²) in [4.78, 5) is 35.2. The molecule has 5 rings (SSSR count). The topological polar surface area (TPSA) is 108 Å². The van der Waals surface area contributed by atoms with Gasteiger partial charge in [0.25, 0.3) is 0 Å². The number of ether oxygens (including phenoxy) is 2. The number of allylic oxidation sites excluding steroid dienone is 1. The van der Waals surface area contributed by atoms with Gasteiger partial charge in [0.05, 0.1) is 0 Å². The van der Waals surface area contributed by atoms with Crippen LogP contribution in [0, 0.1) is 40.4 Å². The molecule has 0 aromatic heterocycles. The zero-order chi connectivity index (χ0) is 27.5. The molecule has 1 heterocycles. The number of primary amides is 1. The molecule has 38 heavy (non-hydrogen) atoms. The largest absolute Gasteiger partial charge is 0.479 e. The minimum Gasteiger partial charge on any atom is -0.479 e. The van der Waals surface area contributed by atoms with E-state index in [-0.39, 0.29) is 46.2 Å². The second kappa shape index (κ2) is 9.67. The van der Waals surface area contributed by atoms with E-state index in [0.717, 1.165) is 51.4 Å². The lowest BCUT2D eigenvalue weighted by Crippen LogP contribution is -2.85. The van der Waals surface area contributed by atoms with Crippen molar-refractivity contribution in [2.24, 2.45) is 46.2 Å². The van der Waals surface area contributed by atoms with Crippen LogP contribution in [0.3, 0.4) is 0 Å². The first kappa shape index (κ1) is 27.2. The second-order valence-corrected chi connectivity index (χ2v) is 13.3. The van der Waals surface area contributed by atoms with Crippen LogP contribution in [-0.2, 0) is 23.9 Å². The Bertz CT molecular complexity index is 1070. The molecule has 5 fully saturated rings. The summed E-state index contributed by atoms with van der Waals surface area (Å²) in [5.41, 5.74) is 5.36. The Morgan fingerprint density at radius 1 is 1.13 bits per heavy atom. The van der Waals surface area contributed by atoms with Gasteiger partial charge in [0.1, 0.15) is 12.2 Å². The van der Waals surface area contributed by atoms with Crippen LogP contribution in [0.5, 0.6) is 0 Å². The van der Waals surface area contributed by atoms with E-state index in [4.69, 9.17) is 15.2 Å². The molecule has 0 bridgehead atoms. The van der Waals surface area contributed by atoms with Gasteiger partial charge in [-0.2, -0.15) is 0 Å². The maximum absolute atomic E-state index is 11.9. The number of fused-ring (bicyclic) bond motifs is 2. The number of nitrogens with one attached hydrogen (secondary N) is 1. The number of nitrogens with two attached hydrogens (primary N) is 1. The van der Waals surface area contributed by atoms with Gasteiger partial charge in [-0.25, -0.2) is 9.59 Å². The fourth-order valence-electron chi connectivity index (χ4n) is 10.2. The van der Waals surface area contributed by atoms with E-state index in [1.165, 1.54) is 12.2 Å². The van der Waals surface area contributed by atoms with E-state index in [1.807, 2.05) is 5.94 Å². The first-order valence-electron chi connectivity index (χ1n) is 14.5. The van der Waals surface area contributed by atoms with Crippen molar-refractivity contribution >= 4 is 17.8 Å². The Morgan fingerprint density at radius 2 is 1.89 bits per heavy atom.